The number of carbonyl (C=O) groups excluding carboxylic acids is 2. The van der Waals surface area contributed by atoms with Gasteiger partial charge in [-0.15, -0.1) is 0 Å². The lowest BCUT2D eigenvalue weighted by molar-refractivity contribution is -0.129. The quantitative estimate of drug-likeness (QED) is 0.309. The molecule has 2 atom stereocenters. The lowest BCUT2D eigenvalue weighted by Gasteiger charge is -2.24. The predicted octanol–water partition coefficient (Wildman–Crippen LogP) is 4.46. The van der Waals surface area contributed by atoms with Crippen LogP contribution in [-0.4, -0.2) is 44.2 Å². The predicted molar refractivity (Wildman–Crippen MR) is 132 cm³/mol. The van der Waals surface area contributed by atoms with Gasteiger partial charge in [0.05, 0.1) is 12.5 Å². The summed E-state index contributed by atoms with van der Waals surface area (Å²) in [5, 5.41) is 0. The molecule has 0 N–H and O–H groups in total. The van der Waals surface area contributed by atoms with Crippen LogP contribution in [0.2, 0.25) is 0 Å². The third-order valence-corrected chi connectivity index (χ3v) is 8.24. The molecule has 0 amide bonds. The van der Waals surface area contributed by atoms with E-state index in [1.54, 1.807) is 36.4 Å². The number of nitrogens with zero attached hydrogens (tertiary/aromatic N) is 1. The van der Waals surface area contributed by atoms with Crippen molar-refractivity contribution in [3.05, 3.63) is 82.8 Å². The highest BCUT2D eigenvalue weighted by Crippen LogP contribution is 2.34. The van der Waals surface area contributed by atoms with Crippen LogP contribution < -0.4 is 4.74 Å². The Labute approximate surface area is 210 Å². The molecule has 190 valence electrons. The van der Waals surface area contributed by atoms with Crippen molar-refractivity contribution in [2.75, 3.05) is 13.2 Å². The van der Waals surface area contributed by atoms with Crippen molar-refractivity contribution in [1.82, 2.24) is 4.31 Å². The number of ether oxygens (including phenoxy) is 2. The van der Waals surface area contributed by atoms with Crippen molar-refractivity contribution in [3.8, 4) is 5.75 Å². The Hall–Kier alpha value is -3.43. The van der Waals surface area contributed by atoms with Crippen molar-refractivity contribution >= 4 is 22.3 Å². The van der Waals surface area contributed by atoms with Gasteiger partial charge in [0.25, 0.3) is 6.47 Å². The maximum absolute atomic E-state index is 13.6. The van der Waals surface area contributed by atoms with E-state index in [-0.39, 0.29) is 42.2 Å². The Morgan fingerprint density at radius 2 is 1.97 bits per heavy atom. The summed E-state index contributed by atoms with van der Waals surface area (Å²) in [7, 11) is -3.80. The molecule has 3 aromatic rings. The van der Waals surface area contributed by atoms with Crippen molar-refractivity contribution in [2.45, 2.75) is 50.7 Å². The normalized spacial score (nSPS) is 17.9. The van der Waals surface area contributed by atoms with Gasteiger partial charge >= 0.3 is 0 Å². The second-order valence-corrected chi connectivity index (χ2v) is 10.7. The number of ketones is 1. The van der Waals surface area contributed by atoms with Crippen LogP contribution in [0.5, 0.6) is 5.75 Å². The lowest BCUT2D eigenvalue weighted by atomic mass is 9.93. The van der Waals surface area contributed by atoms with Crippen molar-refractivity contribution < 1.29 is 31.9 Å². The first-order chi connectivity index (χ1) is 17.2. The zero-order valence-corrected chi connectivity index (χ0v) is 21.3. The molecule has 2 heterocycles. The van der Waals surface area contributed by atoms with E-state index in [1.165, 1.54) is 11.2 Å². The molecule has 0 saturated carbocycles. The summed E-state index contributed by atoms with van der Waals surface area (Å²) < 4.78 is 45.4. The van der Waals surface area contributed by atoms with Gasteiger partial charge in [-0.25, -0.2) is 8.42 Å². The van der Waals surface area contributed by atoms with Gasteiger partial charge in [-0.05, 0) is 54.3 Å². The fraction of sp³-hybridized carbons (Fsp3) is 0.333. The number of furan rings is 1. The van der Waals surface area contributed by atoms with E-state index in [0.717, 1.165) is 16.7 Å². The SMILES string of the molecule is CC[C@@H]1CN(Cc2cc(C(COC=O)c3ccc(C(C)=O)o3)ccc2C)S(=O)(=O)c2ccccc2O1. The molecule has 0 saturated heterocycles. The van der Waals surface area contributed by atoms with Crippen LogP contribution in [0.4, 0.5) is 0 Å². The van der Waals surface area contributed by atoms with Gasteiger partial charge in [-0.1, -0.05) is 37.3 Å². The number of carbonyl (C=O) groups is 2. The number of para-hydroxylation sites is 1. The van der Waals surface area contributed by atoms with E-state index in [0.29, 0.717) is 24.4 Å². The van der Waals surface area contributed by atoms with Crippen molar-refractivity contribution in [3.63, 3.8) is 0 Å². The van der Waals surface area contributed by atoms with E-state index in [1.807, 2.05) is 32.0 Å². The average molecular weight is 512 g/mol. The number of benzene rings is 2. The molecule has 9 heteroatoms. The van der Waals surface area contributed by atoms with Gasteiger partial charge in [0, 0.05) is 13.5 Å². The Balaban J connectivity index is 1.71. The van der Waals surface area contributed by atoms with Gasteiger partial charge in [0.1, 0.15) is 29.1 Å². The number of rotatable bonds is 9. The van der Waals surface area contributed by atoms with E-state index >= 15 is 0 Å². The summed E-state index contributed by atoms with van der Waals surface area (Å²) in [5.41, 5.74) is 2.50. The topological polar surface area (TPSA) is 103 Å². The molecule has 4 rings (SSSR count). The number of hydrogen-bond acceptors (Lipinski definition) is 7. The van der Waals surface area contributed by atoms with E-state index < -0.39 is 15.9 Å². The highest BCUT2D eigenvalue weighted by atomic mass is 32.2. The first-order valence-electron chi connectivity index (χ1n) is 11.8. The molecule has 0 bridgehead atoms. The molecule has 1 unspecified atom stereocenters. The smallest absolute Gasteiger partial charge is 0.293 e. The zero-order valence-electron chi connectivity index (χ0n) is 20.5. The maximum Gasteiger partial charge on any atom is 0.293 e. The lowest BCUT2D eigenvalue weighted by Crippen LogP contribution is -2.36. The molecule has 0 spiro atoms. The van der Waals surface area contributed by atoms with Gasteiger partial charge in [0.2, 0.25) is 10.0 Å². The maximum atomic E-state index is 13.6. The summed E-state index contributed by atoms with van der Waals surface area (Å²) in [6.07, 6.45) is 0.371. The van der Waals surface area contributed by atoms with Gasteiger partial charge in [0.15, 0.2) is 11.5 Å². The minimum atomic E-state index is -3.80. The average Bonchev–Trinajstić information content (AvgIpc) is 3.32. The summed E-state index contributed by atoms with van der Waals surface area (Å²) in [6, 6.07) is 15.7. The standard InChI is InChI=1S/C27H29NO7S/c1-4-22-15-28(36(31,32)27-8-6-5-7-26(27)34-22)14-21-13-20(10-9-18(21)2)23(16-33-17-29)25-12-11-24(35-25)19(3)30/h5-13,17,22-23H,4,14-16H2,1-3H3/t22-,23?/m1/s1. The van der Waals surface area contributed by atoms with Crippen molar-refractivity contribution in [2.24, 2.45) is 0 Å². The molecule has 1 aromatic heterocycles. The fourth-order valence-electron chi connectivity index (χ4n) is 4.28. The minimum absolute atomic E-state index is 0.0119. The molecule has 0 aliphatic carbocycles. The number of sulfonamides is 1. The molecule has 36 heavy (non-hydrogen) atoms. The van der Waals surface area contributed by atoms with Crippen LogP contribution in [0.25, 0.3) is 0 Å². The fourth-order valence-corrected chi connectivity index (χ4v) is 5.85. The third-order valence-electron chi connectivity index (χ3n) is 6.39. The number of hydrogen-bond donors (Lipinski definition) is 0. The second kappa shape index (κ2) is 10.7. The first kappa shape index (κ1) is 25.7. The van der Waals surface area contributed by atoms with Crippen LogP contribution in [-0.2, 0) is 26.1 Å². The Morgan fingerprint density at radius 1 is 1.19 bits per heavy atom. The summed E-state index contributed by atoms with van der Waals surface area (Å²) in [4.78, 5) is 22.8. The molecular formula is C27H29NO7S. The molecule has 2 aromatic carbocycles. The highest BCUT2D eigenvalue weighted by Gasteiger charge is 2.34. The highest BCUT2D eigenvalue weighted by molar-refractivity contribution is 7.89. The second-order valence-electron chi connectivity index (χ2n) is 8.82. The molecular weight excluding hydrogens is 482 g/mol. The van der Waals surface area contributed by atoms with E-state index in [2.05, 4.69) is 0 Å². The van der Waals surface area contributed by atoms with Gasteiger partial charge < -0.3 is 13.9 Å². The minimum Gasteiger partial charge on any atom is -0.488 e. The number of fused-ring (bicyclic) bond motifs is 1. The van der Waals surface area contributed by atoms with Crippen LogP contribution >= 0.6 is 0 Å². The Morgan fingerprint density at radius 3 is 2.67 bits per heavy atom. The number of Topliss-reactive ketones (excluding diaryl/α,β-unsaturated/α-hetero) is 1. The Bertz CT molecular complexity index is 1360. The van der Waals surface area contributed by atoms with Crippen molar-refractivity contribution in [1.29, 1.82) is 0 Å². The monoisotopic (exact) mass is 511 g/mol. The molecule has 1 aliphatic heterocycles. The van der Waals surface area contributed by atoms with Crippen LogP contribution in [0.15, 0.2) is 63.9 Å². The van der Waals surface area contributed by atoms with Gasteiger partial charge in [-0.3, -0.25) is 9.59 Å². The summed E-state index contributed by atoms with van der Waals surface area (Å²) in [5.74, 6) is 0.388. The molecule has 1 aliphatic rings. The third kappa shape index (κ3) is 5.22. The van der Waals surface area contributed by atoms with Gasteiger partial charge in [-0.2, -0.15) is 4.31 Å². The first-order valence-corrected chi connectivity index (χ1v) is 13.2. The number of aryl methyl sites for hydroxylation is 1. The van der Waals surface area contributed by atoms with E-state index in [9.17, 15) is 18.0 Å². The van der Waals surface area contributed by atoms with Crippen LogP contribution in [0.1, 0.15) is 59.2 Å². The Kier molecular flexibility index (Phi) is 7.61. The van der Waals surface area contributed by atoms with Crippen LogP contribution in [0, 0.1) is 6.92 Å². The summed E-state index contributed by atoms with van der Waals surface area (Å²) in [6.45, 7) is 6.04. The molecule has 0 radical (unpaired) electrons. The molecule has 0 fully saturated rings. The summed E-state index contributed by atoms with van der Waals surface area (Å²) >= 11 is 0. The zero-order chi connectivity index (χ0) is 25.9. The largest absolute Gasteiger partial charge is 0.488 e. The van der Waals surface area contributed by atoms with E-state index in [4.69, 9.17) is 13.9 Å². The van der Waals surface area contributed by atoms with Crippen LogP contribution in [0.3, 0.4) is 0 Å². The molecule has 8 nitrogen and oxygen atoms in total.